The number of ether oxygens (including phenoxy) is 1. The first-order chi connectivity index (χ1) is 20.8. The Kier molecular flexibility index (Phi) is 6.24. The van der Waals surface area contributed by atoms with Crippen molar-refractivity contribution in [3.05, 3.63) is 53.6 Å². The number of nitrogens with zero attached hydrogens (tertiary/aromatic N) is 4. The third-order valence-corrected chi connectivity index (χ3v) is 10.1. The average Bonchev–Trinajstić information content (AvgIpc) is 3.63. The third kappa shape index (κ3) is 4.40. The molecule has 7 nitrogen and oxygen atoms in total. The largest absolute Gasteiger partial charge is 0.508 e. The summed E-state index contributed by atoms with van der Waals surface area (Å²) in [5.41, 5.74) is 2.06. The third-order valence-electron chi connectivity index (χ3n) is 10.1. The predicted octanol–water partition coefficient (Wildman–Crippen LogP) is 5.64. The second-order valence-electron chi connectivity index (χ2n) is 12.8. The van der Waals surface area contributed by atoms with E-state index in [2.05, 4.69) is 15.1 Å². The minimum Gasteiger partial charge on any atom is -0.508 e. The highest BCUT2D eigenvalue weighted by Crippen LogP contribution is 2.42. The zero-order chi connectivity index (χ0) is 29.5. The monoisotopic (exact) mass is 589 g/mol. The van der Waals surface area contributed by atoms with Gasteiger partial charge in [0.25, 0.3) is 0 Å². The van der Waals surface area contributed by atoms with E-state index in [0.717, 1.165) is 68.2 Å². The van der Waals surface area contributed by atoms with Crippen LogP contribution in [0.1, 0.15) is 37.7 Å². The van der Waals surface area contributed by atoms with Crippen LogP contribution in [0.5, 0.6) is 11.8 Å². The zero-order valence-corrected chi connectivity index (χ0v) is 24.0. The first-order valence-electron chi connectivity index (χ1n) is 15.2. The SMILES string of the molecule is Cc1c(-c2cc(O)cc3ccc(F)c(F)c23)ccc2c(N3C[C@H]4CC[C@@H](C3)N4)nc(OC[C@@]34CCCN3C[C@H](F)C4)nc12. The van der Waals surface area contributed by atoms with Crippen LogP contribution in [0, 0.1) is 18.6 Å². The zero-order valence-electron chi connectivity index (χ0n) is 24.0. The number of phenols is 1. The van der Waals surface area contributed by atoms with E-state index in [1.54, 1.807) is 0 Å². The van der Waals surface area contributed by atoms with Gasteiger partial charge in [-0.1, -0.05) is 12.1 Å². The number of nitrogens with one attached hydrogen (secondary N) is 1. The fourth-order valence-electron chi connectivity index (χ4n) is 8.10. The fourth-order valence-corrected chi connectivity index (χ4v) is 8.10. The van der Waals surface area contributed by atoms with Crippen molar-refractivity contribution in [1.82, 2.24) is 20.2 Å². The summed E-state index contributed by atoms with van der Waals surface area (Å²) in [6.45, 7) is 5.14. The second kappa shape index (κ2) is 9.95. The molecule has 4 aliphatic heterocycles. The smallest absolute Gasteiger partial charge is 0.319 e. The Morgan fingerprint density at radius 1 is 1.05 bits per heavy atom. The van der Waals surface area contributed by atoms with E-state index < -0.39 is 17.8 Å². The topological polar surface area (TPSA) is 73.8 Å². The van der Waals surface area contributed by atoms with Crippen molar-refractivity contribution in [2.45, 2.75) is 62.8 Å². The molecular weight excluding hydrogens is 555 g/mol. The maximum absolute atomic E-state index is 15.2. The van der Waals surface area contributed by atoms with Crippen molar-refractivity contribution in [2.24, 2.45) is 0 Å². The van der Waals surface area contributed by atoms with E-state index in [9.17, 15) is 13.9 Å². The lowest BCUT2D eigenvalue weighted by Crippen LogP contribution is -2.51. The molecule has 0 radical (unpaired) electrons. The first kappa shape index (κ1) is 27.0. The van der Waals surface area contributed by atoms with Crippen molar-refractivity contribution in [3.63, 3.8) is 0 Å². The van der Waals surface area contributed by atoms with Crippen LogP contribution >= 0.6 is 0 Å². The summed E-state index contributed by atoms with van der Waals surface area (Å²) in [6, 6.07) is 10.2. The molecule has 3 aromatic carbocycles. The van der Waals surface area contributed by atoms with Gasteiger partial charge < -0.3 is 20.1 Å². The highest BCUT2D eigenvalue weighted by molar-refractivity contribution is 6.03. The number of aromatic hydroxyl groups is 1. The molecule has 43 heavy (non-hydrogen) atoms. The number of hydrogen-bond donors (Lipinski definition) is 2. The fraction of sp³-hybridized carbons (Fsp3) is 0.455. The lowest BCUT2D eigenvalue weighted by molar-refractivity contribution is 0.107. The van der Waals surface area contributed by atoms with Crippen molar-refractivity contribution in [3.8, 4) is 22.9 Å². The first-order valence-corrected chi connectivity index (χ1v) is 15.2. The summed E-state index contributed by atoms with van der Waals surface area (Å²) in [5.74, 6) is -1.17. The Hall–Kier alpha value is -3.63. The van der Waals surface area contributed by atoms with Crippen molar-refractivity contribution in [2.75, 3.05) is 37.7 Å². The van der Waals surface area contributed by atoms with Gasteiger partial charge in [-0.3, -0.25) is 4.90 Å². The number of piperazine rings is 1. The van der Waals surface area contributed by atoms with Crippen molar-refractivity contribution in [1.29, 1.82) is 0 Å². The molecule has 4 aliphatic rings. The Bertz CT molecular complexity index is 1760. The molecule has 0 saturated carbocycles. The summed E-state index contributed by atoms with van der Waals surface area (Å²) in [6.07, 6.45) is 3.72. The van der Waals surface area contributed by atoms with Gasteiger partial charge in [-0.2, -0.15) is 9.97 Å². The standard InChI is InChI=1S/C33H34F3N5O2/c1-18-24(26-12-23(42)11-19-3-8-27(35)29(36)28(19)26)6-7-25-30(18)38-32(39-31(25)40-15-21-4-5-22(16-40)37-21)43-17-33-9-2-10-41(33)14-20(34)13-33/h3,6-8,11-12,20-22,37,42H,2,4-5,9-10,13-17H2,1H3/t20-,21-,22+,33+/m1/s1. The second-order valence-corrected chi connectivity index (χ2v) is 12.8. The Morgan fingerprint density at radius 3 is 2.67 bits per heavy atom. The lowest BCUT2D eigenvalue weighted by Gasteiger charge is -2.35. The van der Waals surface area contributed by atoms with Crippen LogP contribution in [-0.4, -0.2) is 76.6 Å². The normalized spacial score (nSPS) is 27.0. The Labute approximate surface area is 247 Å². The summed E-state index contributed by atoms with van der Waals surface area (Å²) in [7, 11) is 0. The highest BCUT2D eigenvalue weighted by Gasteiger charge is 2.49. The van der Waals surface area contributed by atoms with E-state index in [1.807, 2.05) is 19.1 Å². The number of aryl methyl sites for hydroxylation is 1. The Balaban J connectivity index is 1.26. The lowest BCUT2D eigenvalue weighted by atomic mass is 9.92. The number of halogens is 3. The number of phenolic OH excluding ortho intramolecular Hbond substituents is 1. The molecule has 2 N–H and O–H groups in total. The summed E-state index contributed by atoms with van der Waals surface area (Å²) in [5, 5.41) is 15.5. The van der Waals surface area contributed by atoms with Crippen LogP contribution in [0.15, 0.2) is 36.4 Å². The number of alkyl halides is 1. The number of anilines is 1. The van der Waals surface area contributed by atoms with Crippen molar-refractivity contribution >= 4 is 27.5 Å². The molecule has 4 fully saturated rings. The summed E-state index contributed by atoms with van der Waals surface area (Å²) >= 11 is 0. The van der Waals surface area contributed by atoms with E-state index in [4.69, 9.17) is 14.7 Å². The predicted molar refractivity (Wildman–Crippen MR) is 160 cm³/mol. The molecule has 0 aliphatic carbocycles. The van der Waals surface area contributed by atoms with Gasteiger partial charge in [-0.15, -0.1) is 0 Å². The van der Waals surface area contributed by atoms with Gasteiger partial charge in [0.1, 0.15) is 24.3 Å². The van der Waals surface area contributed by atoms with Crippen LogP contribution in [0.25, 0.3) is 32.8 Å². The van der Waals surface area contributed by atoms with Crippen LogP contribution in [0.2, 0.25) is 0 Å². The van der Waals surface area contributed by atoms with Gasteiger partial charge in [0.05, 0.1) is 11.1 Å². The van der Waals surface area contributed by atoms with Crippen LogP contribution in [0.4, 0.5) is 19.0 Å². The summed E-state index contributed by atoms with van der Waals surface area (Å²) in [4.78, 5) is 14.3. The molecule has 1 aromatic heterocycles. The highest BCUT2D eigenvalue weighted by atomic mass is 19.2. The molecule has 8 rings (SSSR count). The van der Waals surface area contributed by atoms with Crippen LogP contribution < -0.4 is 15.0 Å². The molecule has 0 amide bonds. The number of benzene rings is 3. The molecule has 2 bridgehead atoms. The van der Waals surface area contributed by atoms with Crippen LogP contribution in [-0.2, 0) is 0 Å². The van der Waals surface area contributed by atoms with Gasteiger partial charge in [0, 0.05) is 48.9 Å². The Morgan fingerprint density at radius 2 is 1.86 bits per heavy atom. The molecule has 4 aromatic rings. The number of hydrogen-bond acceptors (Lipinski definition) is 7. The average molecular weight is 590 g/mol. The minimum absolute atomic E-state index is 0.0419. The quantitative estimate of drug-likeness (QED) is 0.312. The van der Waals surface area contributed by atoms with Gasteiger partial charge >= 0.3 is 6.01 Å². The summed E-state index contributed by atoms with van der Waals surface area (Å²) < 4.78 is 50.4. The van der Waals surface area contributed by atoms with E-state index >= 15 is 4.39 Å². The van der Waals surface area contributed by atoms with Gasteiger partial charge in [-0.25, -0.2) is 13.2 Å². The molecular formula is C33H34F3N5O2. The van der Waals surface area contributed by atoms with Gasteiger partial charge in [0.15, 0.2) is 11.6 Å². The number of fused-ring (bicyclic) bond motifs is 5. The molecule has 10 heteroatoms. The van der Waals surface area contributed by atoms with E-state index in [0.29, 0.717) is 53.7 Å². The van der Waals surface area contributed by atoms with Gasteiger partial charge in [-0.05, 0) is 85.5 Å². The van der Waals surface area contributed by atoms with Crippen molar-refractivity contribution < 1.29 is 23.0 Å². The van der Waals surface area contributed by atoms with E-state index in [-0.39, 0.29) is 22.7 Å². The number of aromatic nitrogens is 2. The molecule has 224 valence electrons. The molecule has 0 spiro atoms. The molecule has 4 saturated heterocycles. The molecule has 5 heterocycles. The maximum atomic E-state index is 15.2. The van der Waals surface area contributed by atoms with Crippen LogP contribution in [0.3, 0.4) is 0 Å². The molecule has 0 unspecified atom stereocenters. The van der Waals surface area contributed by atoms with Gasteiger partial charge in [0.2, 0.25) is 0 Å². The van der Waals surface area contributed by atoms with E-state index in [1.165, 1.54) is 18.2 Å². The minimum atomic E-state index is -0.959. The molecule has 4 atom stereocenters. The maximum Gasteiger partial charge on any atom is 0.319 e. The number of rotatable bonds is 5.